The first-order valence-corrected chi connectivity index (χ1v) is 10.6. The number of thiophene rings is 1. The number of nitrogens with zero attached hydrogens (tertiary/aromatic N) is 3. The van der Waals surface area contributed by atoms with Gasteiger partial charge in [-0.1, -0.05) is 26.0 Å². The first kappa shape index (κ1) is 21.8. The average molecular weight is 430 g/mol. The van der Waals surface area contributed by atoms with E-state index in [2.05, 4.69) is 5.10 Å². The summed E-state index contributed by atoms with van der Waals surface area (Å²) in [7, 11) is 4.81. The van der Waals surface area contributed by atoms with Crippen molar-refractivity contribution >= 4 is 28.9 Å². The summed E-state index contributed by atoms with van der Waals surface area (Å²) < 4.78 is 10.8. The molecule has 7 nitrogen and oxygen atoms in total. The molecule has 0 saturated heterocycles. The Morgan fingerprint density at radius 2 is 1.97 bits per heavy atom. The fourth-order valence-electron chi connectivity index (χ4n) is 3.45. The van der Waals surface area contributed by atoms with Gasteiger partial charge < -0.3 is 14.4 Å². The lowest BCUT2D eigenvalue weighted by atomic mass is 10.0. The van der Waals surface area contributed by atoms with Crippen molar-refractivity contribution in [2.24, 2.45) is 11.0 Å². The minimum Gasteiger partial charge on any atom is -0.493 e. The van der Waals surface area contributed by atoms with Crippen LogP contribution in [0.3, 0.4) is 0 Å². The molecule has 160 valence electrons. The van der Waals surface area contributed by atoms with Gasteiger partial charge in [-0.25, -0.2) is 5.01 Å². The molecule has 30 heavy (non-hydrogen) atoms. The molecule has 0 spiro atoms. The number of amides is 2. The summed E-state index contributed by atoms with van der Waals surface area (Å²) in [6, 6.07) is 9.30. The Labute approximate surface area is 180 Å². The fourth-order valence-corrected chi connectivity index (χ4v) is 4.17. The molecule has 0 N–H and O–H groups in total. The molecule has 1 atom stereocenters. The van der Waals surface area contributed by atoms with Crippen molar-refractivity contribution in [2.45, 2.75) is 26.3 Å². The van der Waals surface area contributed by atoms with Crippen molar-refractivity contribution in [3.05, 3.63) is 46.2 Å². The van der Waals surface area contributed by atoms with Crippen LogP contribution in [0.1, 0.15) is 36.8 Å². The molecule has 2 heterocycles. The molecule has 3 rings (SSSR count). The molecule has 2 amide bonds. The third-order valence-corrected chi connectivity index (χ3v) is 5.93. The van der Waals surface area contributed by atoms with Crippen molar-refractivity contribution in [2.75, 3.05) is 27.8 Å². The number of rotatable bonds is 7. The molecule has 1 aliphatic heterocycles. The van der Waals surface area contributed by atoms with Crippen LogP contribution in [0.25, 0.3) is 0 Å². The maximum Gasteiger partial charge on any atom is 0.262 e. The summed E-state index contributed by atoms with van der Waals surface area (Å²) in [4.78, 5) is 27.9. The van der Waals surface area contributed by atoms with Gasteiger partial charge in [-0.3, -0.25) is 9.59 Å². The van der Waals surface area contributed by atoms with Gasteiger partial charge in [-0.05, 0) is 29.1 Å². The quantitative estimate of drug-likeness (QED) is 0.675. The second-order valence-corrected chi connectivity index (χ2v) is 8.39. The molecule has 2 aromatic rings. The first-order chi connectivity index (χ1) is 14.3. The van der Waals surface area contributed by atoms with E-state index in [1.165, 1.54) is 9.91 Å². The lowest BCUT2D eigenvalue weighted by Crippen LogP contribution is -2.40. The predicted molar refractivity (Wildman–Crippen MR) is 117 cm³/mol. The molecular formula is C22H27N3O4S. The Hall–Kier alpha value is -2.87. The Morgan fingerprint density at radius 1 is 1.23 bits per heavy atom. The number of hydrazone groups is 1. The highest BCUT2D eigenvalue weighted by molar-refractivity contribution is 7.12. The zero-order valence-electron chi connectivity index (χ0n) is 17.9. The van der Waals surface area contributed by atoms with Crippen LogP contribution >= 0.6 is 11.3 Å². The monoisotopic (exact) mass is 429 g/mol. The van der Waals surface area contributed by atoms with E-state index in [-0.39, 0.29) is 30.3 Å². The smallest absolute Gasteiger partial charge is 0.262 e. The van der Waals surface area contributed by atoms with Crippen molar-refractivity contribution in [1.82, 2.24) is 9.91 Å². The lowest BCUT2D eigenvalue weighted by Gasteiger charge is -2.26. The molecule has 0 bridgehead atoms. The molecule has 1 aromatic heterocycles. The fraction of sp³-hybridized carbons (Fsp3) is 0.409. The van der Waals surface area contributed by atoms with E-state index in [0.29, 0.717) is 17.9 Å². The van der Waals surface area contributed by atoms with Crippen LogP contribution in [0.4, 0.5) is 0 Å². The number of methoxy groups -OCH3 is 2. The van der Waals surface area contributed by atoms with E-state index in [1.807, 2.05) is 49.6 Å². The number of carbonyl (C=O) groups is 2. The van der Waals surface area contributed by atoms with Gasteiger partial charge in [0, 0.05) is 19.4 Å². The van der Waals surface area contributed by atoms with E-state index < -0.39 is 0 Å². The molecule has 1 aromatic carbocycles. The number of likely N-dealkylation sites (N-methyl/N-ethyl adjacent to an activating group) is 1. The minimum absolute atomic E-state index is 0.0258. The van der Waals surface area contributed by atoms with Crippen LogP contribution in [0.5, 0.6) is 11.5 Å². The Balaban J connectivity index is 1.91. The third kappa shape index (κ3) is 4.48. The molecule has 1 aliphatic rings. The van der Waals surface area contributed by atoms with Crippen LogP contribution in [-0.2, 0) is 9.59 Å². The van der Waals surface area contributed by atoms with Crippen molar-refractivity contribution in [1.29, 1.82) is 0 Å². The lowest BCUT2D eigenvalue weighted by molar-refractivity contribution is -0.142. The van der Waals surface area contributed by atoms with E-state index in [0.717, 1.165) is 16.2 Å². The van der Waals surface area contributed by atoms with E-state index in [4.69, 9.17) is 9.47 Å². The van der Waals surface area contributed by atoms with Gasteiger partial charge in [0.05, 0.1) is 30.9 Å². The Kier molecular flexibility index (Phi) is 6.77. The summed E-state index contributed by atoms with van der Waals surface area (Å²) in [5, 5.41) is 8.13. The first-order valence-electron chi connectivity index (χ1n) is 9.76. The summed E-state index contributed by atoms with van der Waals surface area (Å²) in [6.45, 7) is 3.61. The van der Waals surface area contributed by atoms with Gasteiger partial charge in [0.2, 0.25) is 5.91 Å². The minimum atomic E-state index is -0.281. The highest BCUT2D eigenvalue weighted by Gasteiger charge is 2.34. The van der Waals surface area contributed by atoms with E-state index >= 15 is 0 Å². The zero-order chi connectivity index (χ0) is 21.8. The van der Waals surface area contributed by atoms with Gasteiger partial charge in [-0.15, -0.1) is 11.3 Å². The van der Waals surface area contributed by atoms with Gasteiger partial charge in [0.1, 0.15) is 6.54 Å². The maximum absolute atomic E-state index is 13.1. The maximum atomic E-state index is 13.1. The number of hydrogen-bond donors (Lipinski definition) is 0. The Bertz CT molecular complexity index is 940. The van der Waals surface area contributed by atoms with Gasteiger partial charge in [0.15, 0.2) is 11.5 Å². The second-order valence-electron chi connectivity index (χ2n) is 7.45. The summed E-state index contributed by atoms with van der Waals surface area (Å²) >= 11 is 1.59. The van der Waals surface area contributed by atoms with Gasteiger partial charge in [0.25, 0.3) is 5.91 Å². The predicted octanol–water partition coefficient (Wildman–Crippen LogP) is 3.56. The van der Waals surface area contributed by atoms with Gasteiger partial charge in [-0.2, -0.15) is 5.10 Å². The van der Waals surface area contributed by atoms with Gasteiger partial charge >= 0.3 is 0 Å². The molecule has 0 fully saturated rings. The zero-order valence-corrected chi connectivity index (χ0v) is 18.7. The highest BCUT2D eigenvalue weighted by atomic mass is 32.1. The SMILES string of the molecule is COc1ccc([C@H]2CC(c3cccs3)=NN2C(=O)CN(C)C(=O)C(C)C)cc1OC. The third-order valence-electron chi connectivity index (χ3n) is 5.01. The number of carbonyl (C=O) groups excluding carboxylic acids is 2. The molecular weight excluding hydrogens is 402 g/mol. The van der Waals surface area contributed by atoms with Crippen molar-refractivity contribution in [3.63, 3.8) is 0 Å². The molecule has 8 heteroatoms. The van der Waals surface area contributed by atoms with Crippen molar-refractivity contribution in [3.8, 4) is 11.5 Å². The Morgan fingerprint density at radius 3 is 2.57 bits per heavy atom. The van der Waals surface area contributed by atoms with Crippen LogP contribution < -0.4 is 9.47 Å². The molecule has 0 aliphatic carbocycles. The molecule has 0 unspecified atom stereocenters. The van der Waals surface area contributed by atoms with Crippen LogP contribution in [0.2, 0.25) is 0 Å². The topological polar surface area (TPSA) is 71.4 Å². The number of hydrogen-bond acceptors (Lipinski definition) is 6. The van der Waals surface area contributed by atoms with Crippen LogP contribution in [0.15, 0.2) is 40.8 Å². The summed E-state index contributed by atoms with van der Waals surface area (Å²) in [6.07, 6.45) is 0.587. The number of benzene rings is 1. The van der Waals surface area contributed by atoms with Crippen LogP contribution in [0, 0.1) is 5.92 Å². The normalized spacial score (nSPS) is 15.9. The highest BCUT2D eigenvalue weighted by Crippen LogP contribution is 2.37. The standard InChI is InChI=1S/C22H27N3O4S/c1-14(2)22(27)24(3)13-21(26)25-17(12-16(23-25)20-7-6-10-30-20)15-8-9-18(28-4)19(11-15)29-5/h6-11,14,17H,12-13H2,1-5H3/t17-/m1/s1. The molecule has 0 radical (unpaired) electrons. The number of ether oxygens (including phenoxy) is 2. The molecule has 0 saturated carbocycles. The van der Waals surface area contributed by atoms with E-state index in [1.54, 1.807) is 32.6 Å². The van der Waals surface area contributed by atoms with Crippen LogP contribution in [-0.4, -0.2) is 55.2 Å². The average Bonchev–Trinajstić information content (AvgIpc) is 3.42. The second kappa shape index (κ2) is 9.30. The summed E-state index contributed by atoms with van der Waals surface area (Å²) in [5.41, 5.74) is 1.75. The largest absolute Gasteiger partial charge is 0.493 e. The van der Waals surface area contributed by atoms with E-state index in [9.17, 15) is 9.59 Å². The van der Waals surface area contributed by atoms with Crippen molar-refractivity contribution < 1.29 is 19.1 Å². The summed E-state index contributed by atoms with van der Waals surface area (Å²) in [5.74, 6) is 0.747.